The van der Waals surface area contributed by atoms with E-state index in [-0.39, 0.29) is 0 Å². The van der Waals surface area contributed by atoms with Crippen LogP contribution in [0.3, 0.4) is 0 Å². The van der Waals surface area contributed by atoms with Crippen LogP contribution < -0.4 is 10.8 Å². The Morgan fingerprint density at radius 3 is 2.00 bits per heavy atom. The fourth-order valence-corrected chi connectivity index (χ4v) is 1.62. The third-order valence-electron chi connectivity index (χ3n) is 2.41. The Kier molecular flexibility index (Phi) is 8.40. The molecule has 0 aromatic carbocycles. The number of hydroxylamine groups is 1. The molecule has 0 unspecified atom stereocenters. The van der Waals surface area contributed by atoms with Gasteiger partial charge in [-0.1, -0.05) is 0 Å². The quantitative estimate of drug-likeness (QED) is 0.379. The van der Waals surface area contributed by atoms with Crippen LogP contribution >= 0.6 is 0 Å². The standard InChI is InChI=1S/C15H30N2O5/c1-14(2,3)21-12(18)11(9-7-8-10-16-20)17-13(19)22-15(4,5)6/h11,16,20H,7-10H2,1-6H3,(H,17,19)/t11-/m0/s1. The predicted octanol–water partition coefficient (Wildman–Crippen LogP) is 2.37. The first-order chi connectivity index (χ1) is 9.94. The first kappa shape index (κ1) is 20.7. The second kappa shape index (κ2) is 8.95. The highest BCUT2D eigenvalue weighted by Gasteiger charge is 2.28. The van der Waals surface area contributed by atoms with Crippen LogP contribution in [0.2, 0.25) is 0 Å². The van der Waals surface area contributed by atoms with E-state index in [2.05, 4.69) is 10.8 Å². The molecule has 7 heteroatoms. The lowest BCUT2D eigenvalue weighted by atomic mass is 10.1. The van der Waals surface area contributed by atoms with Gasteiger partial charge in [0, 0.05) is 6.54 Å². The minimum atomic E-state index is -0.771. The summed E-state index contributed by atoms with van der Waals surface area (Å²) in [6.07, 6.45) is 1.08. The highest BCUT2D eigenvalue weighted by molar-refractivity contribution is 5.81. The molecule has 1 atom stereocenters. The van der Waals surface area contributed by atoms with E-state index in [9.17, 15) is 9.59 Å². The van der Waals surface area contributed by atoms with E-state index < -0.39 is 29.3 Å². The molecule has 1 amide bonds. The van der Waals surface area contributed by atoms with E-state index in [1.807, 2.05) is 0 Å². The summed E-state index contributed by atoms with van der Waals surface area (Å²) in [5.74, 6) is -0.490. The van der Waals surface area contributed by atoms with Crippen molar-refractivity contribution in [2.75, 3.05) is 6.54 Å². The smallest absolute Gasteiger partial charge is 0.408 e. The topological polar surface area (TPSA) is 96.9 Å². The molecule has 0 bridgehead atoms. The fourth-order valence-electron chi connectivity index (χ4n) is 1.62. The highest BCUT2D eigenvalue weighted by Crippen LogP contribution is 2.13. The Morgan fingerprint density at radius 2 is 1.55 bits per heavy atom. The van der Waals surface area contributed by atoms with Crippen LogP contribution in [0.4, 0.5) is 4.79 Å². The molecule has 3 N–H and O–H groups in total. The molecule has 0 aromatic heterocycles. The zero-order valence-electron chi connectivity index (χ0n) is 14.5. The normalized spacial score (nSPS) is 13.4. The van der Waals surface area contributed by atoms with Gasteiger partial charge in [0.05, 0.1) is 0 Å². The van der Waals surface area contributed by atoms with E-state index in [1.54, 1.807) is 41.5 Å². The summed E-state index contributed by atoms with van der Waals surface area (Å²) >= 11 is 0. The zero-order valence-corrected chi connectivity index (χ0v) is 14.5. The molecule has 0 spiro atoms. The van der Waals surface area contributed by atoms with Gasteiger partial charge in [0.25, 0.3) is 0 Å². The summed E-state index contributed by atoms with van der Waals surface area (Å²) in [5, 5.41) is 11.1. The third-order valence-corrected chi connectivity index (χ3v) is 2.41. The number of esters is 1. The lowest BCUT2D eigenvalue weighted by Crippen LogP contribution is -2.46. The predicted molar refractivity (Wildman–Crippen MR) is 82.6 cm³/mol. The molecule has 0 aromatic rings. The molecule has 0 heterocycles. The molecular weight excluding hydrogens is 288 g/mol. The summed E-state index contributed by atoms with van der Waals surface area (Å²) < 4.78 is 10.5. The molecule has 7 nitrogen and oxygen atoms in total. The second-order valence-corrected chi connectivity index (χ2v) is 7.14. The molecule has 0 aliphatic heterocycles. The van der Waals surface area contributed by atoms with Gasteiger partial charge in [0.2, 0.25) is 0 Å². The van der Waals surface area contributed by atoms with Crippen molar-refractivity contribution in [3.8, 4) is 0 Å². The van der Waals surface area contributed by atoms with Gasteiger partial charge in [0.15, 0.2) is 0 Å². The van der Waals surface area contributed by atoms with Crippen molar-refractivity contribution in [2.24, 2.45) is 0 Å². The maximum absolute atomic E-state index is 12.2. The lowest BCUT2D eigenvalue weighted by molar-refractivity contribution is -0.157. The molecular formula is C15H30N2O5. The second-order valence-electron chi connectivity index (χ2n) is 7.14. The molecule has 0 saturated carbocycles. The van der Waals surface area contributed by atoms with Crippen molar-refractivity contribution in [3.63, 3.8) is 0 Å². The summed E-state index contributed by atoms with van der Waals surface area (Å²) in [7, 11) is 0. The Balaban J connectivity index is 4.64. The number of carbonyl (C=O) groups is 2. The number of hydrogen-bond acceptors (Lipinski definition) is 6. The van der Waals surface area contributed by atoms with E-state index in [1.165, 1.54) is 0 Å². The lowest BCUT2D eigenvalue weighted by Gasteiger charge is -2.26. The molecule has 0 aliphatic rings. The third kappa shape index (κ3) is 11.3. The van der Waals surface area contributed by atoms with Crippen molar-refractivity contribution in [1.82, 2.24) is 10.8 Å². The Hall–Kier alpha value is -1.34. The summed E-state index contributed by atoms with van der Waals surface area (Å²) in [6.45, 7) is 11.0. The Morgan fingerprint density at radius 1 is 1.00 bits per heavy atom. The molecule has 0 aliphatic carbocycles. The average molecular weight is 318 g/mol. The van der Waals surface area contributed by atoms with Crippen LogP contribution in [0.5, 0.6) is 0 Å². The SMILES string of the molecule is CC(C)(C)OC(=O)N[C@@H](CCCCNO)C(=O)OC(C)(C)C. The Labute approximate surface area is 132 Å². The molecule has 130 valence electrons. The van der Waals surface area contributed by atoms with Crippen LogP contribution in [0, 0.1) is 0 Å². The van der Waals surface area contributed by atoms with Gasteiger partial charge in [-0.05, 0) is 60.8 Å². The molecule has 22 heavy (non-hydrogen) atoms. The summed E-state index contributed by atoms with van der Waals surface area (Å²) in [4.78, 5) is 24.0. The van der Waals surface area contributed by atoms with Crippen LogP contribution in [-0.4, -0.2) is 41.1 Å². The number of carbonyl (C=O) groups excluding carboxylic acids is 2. The van der Waals surface area contributed by atoms with Gasteiger partial charge in [-0.15, -0.1) is 0 Å². The van der Waals surface area contributed by atoms with Crippen LogP contribution in [0.15, 0.2) is 0 Å². The van der Waals surface area contributed by atoms with Gasteiger partial charge < -0.3 is 20.0 Å². The van der Waals surface area contributed by atoms with E-state index >= 15 is 0 Å². The van der Waals surface area contributed by atoms with Gasteiger partial charge >= 0.3 is 12.1 Å². The minimum absolute atomic E-state index is 0.413. The maximum Gasteiger partial charge on any atom is 0.408 e. The summed E-state index contributed by atoms with van der Waals surface area (Å²) in [6, 6.07) is -0.771. The van der Waals surface area contributed by atoms with Gasteiger partial charge in [0.1, 0.15) is 17.2 Å². The Bertz CT molecular complexity index is 358. The maximum atomic E-state index is 12.2. The first-order valence-electron chi connectivity index (χ1n) is 7.54. The van der Waals surface area contributed by atoms with Crippen LogP contribution in [0.1, 0.15) is 60.8 Å². The van der Waals surface area contributed by atoms with Crippen molar-refractivity contribution >= 4 is 12.1 Å². The fraction of sp³-hybridized carbons (Fsp3) is 0.867. The number of hydrogen-bond donors (Lipinski definition) is 3. The first-order valence-corrected chi connectivity index (χ1v) is 7.54. The number of unbranched alkanes of at least 4 members (excludes halogenated alkanes) is 1. The monoisotopic (exact) mass is 318 g/mol. The van der Waals surface area contributed by atoms with E-state index in [0.29, 0.717) is 25.8 Å². The van der Waals surface area contributed by atoms with E-state index in [0.717, 1.165) is 0 Å². The molecule has 0 rings (SSSR count). The van der Waals surface area contributed by atoms with Gasteiger partial charge in [-0.2, -0.15) is 0 Å². The highest BCUT2D eigenvalue weighted by atomic mass is 16.6. The number of ether oxygens (including phenoxy) is 2. The minimum Gasteiger partial charge on any atom is -0.458 e. The number of nitrogens with one attached hydrogen (secondary N) is 2. The summed E-state index contributed by atoms with van der Waals surface area (Å²) in [5.41, 5.74) is 0.790. The number of rotatable bonds is 7. The van der Waals surface area contributed by atoms with Gasteiger partial charge in [-0.3, -0.25) is 0 Å². The number of amides is 1. The van der Waals surface area contributed by atoms with Crippen molar-refractivity contribution in [2.45, 2.75) is 78.0 Å². The van der Waals surface area contributed by atoms with Crippen molar-refractivity contribution in [3.05, 3.63) is 0 Å². The van der Waals surface area contributed by atoms with Crippen LogP contribution in [-0.2, 0) is 14.3 Å². The zero-order chi connectivity index (χ0) is 17.4. The average Bonchev–Trinajstić information content (AvgIpc) is 2.28. The molecule has 0 saturated heterocycles. The van der Waals surface area contributed by atoms with Gasteiger partial charge in [-0.25, -0.2) is 15.1 Å². The molecule has 0 radical (unpaired) electrons. The van der Waals surface area contributed by atoms with Crippen molar-refractivity contribution < 1.29 is 24.3 Å². The number of alkyl carbamates (subject to hydrolysis) is 1. The van der Waals surface area contributed by atoms with Crippen LogP contribution in [0.25, 0.3) is 0 Å². The largest absolute Gasteiger partial charge is 0.458 e. The molecule has 0 fully saturated rings. The van der Waals surface area contributed by atoms with E-state index in [4.69, 9.17) is 14.7 Å². The van der Waals surface area contributed by atoms with Crippen molar-refractivity contribution in [1.29, 1.82) is 0 Å².